The van der Waals surface area contributed by atoms with Crippen molar-refractivity contribution in [3.8, 4) is 0 Å². The molecule has 3 N–H and O–H groups in total. The Morgan fingerprint density at radius 1 is 1.02 bits per heavy atom. The molecule has 6 aliphatic heterocycles. The van der Waals surface area contributed by atoms with Crippen molar-refractivity contribution in [2.24, 2.45) is 52.3 Å². The predicted molar refractivity (Wildman–Crippen MR) is 201 cm³/mol. The molecule has 1 aromatic rings. The van der Waals surface area contributed by atoms with Crippen molar-refractivity contribution in [3.63, 3.8) is 0 Å². The van der Waals surface area contributed by atoms with Crippen LogP contribution in [-0.4, -0.2) is 94.1 Å². The Hall–Kier alpha value is -2.46. The number of quaternary nitrogens is 1. The summed E-state index contributed by atoms with van der Waals surface area (Å²) in [6, 6.07) is 8.74. The fourth-order valence-electron chi connectivity index (χ4n) is 17.6. The lowest BCUT2D eigenvalue weighted by Crippen LogP contribution is -2.83. The molecule has 4 saturated heterocycles. The second-order valence-corrected chi connectivity index (χ2v) is 20.7. The lowest BCUT2D eigenvalue weighted by atomic mass is 9.43. The molecule has 1 aromatic carbocycles. The SMILES string of the molecule is CCC1C2CC3C4N(C)c5ccccc5C45CC(C2C5O)[N+]3(CC(=O)OC2CCC3(C)C(CCC4C3CCC3(C)C(C5=CC(=O)OC5)CCC43O)C2)[C@@H]1O. The van der Waals surface area contributed by atoms with Crippen LogP contribution in [0.3, 0.4) is 0 Å². The minimum Gasteiger partial charge on any atom is -0.458 e. The maximum Gasteiger partial charge on any atom is 0.362 e. The van der Waals surface area contributed by atoms with E-state index in [2.05, 4.69) is 57.0 Å². The highest BCUT2D eigenvalue weighted by molar-refractivity contribution is 5.85. The normalized spacial score (nSPS) is 54.4. The van der Waals surface area contributed by atoms with E-state index in [0.717, 1.165) is 82.6 Å². The number of likely N-dealkylation sites (N-methyl/N-ethyl adjacent to an activating group) is 1. The number of aliphatic hydroxyl groups excluding tert-OH is 2. The van der Waals surface area contributed by atoms with Crippen molar-refractivity contribution in [1.82, 2.24) is 0 Å². The summed E-state index contributed by atoms with van der Waals surface area (Å²) in [5.41, 5.74) is 2.28. The van der Waals surface area contributed by atoms with Gasteiger partial charge < -0.3 is 29.7 Å². The third-order valence-electron chi connectivity index (χ3n) is 19.8. The number of para-hydroxylation sites is 1. The van der Waals surface area contributed by atoms with Crippen LogP contribution >= 0.6 is 0 Å². The number of aliphatic hydroxyl groups is 3. The number of hydrogen-bond acceptors (Lipinski definition) is 8. The smallest absolute Gasteiger partial charge is 0.362 e. The number of carbonyl (C=O) groups excluding carboxylic acids is 2. The second-order valence-electron chi connectivity index (χ2n) is 20.7. The molecule has 0 aromatic heterocycles. The van der Waals surface area contributed by atoms with Gasteiger partial charge in [0.1, 0.15) is 18.8 Å². The van der Waals surface area contributed by atoms with Crippen LogP contribution in [-0.2, 0) is 24.5 Å². The van der Waals surface area contributed by atoms with E-state index in [4.69, 9.17) is 9.47 Å². The minimum atomic E-state index is -0.739. The Bertz CT molecular complexity index is 1830. The summed E-state index contributed by atoms with van der Waals surface area (Å²) >= 11 is 0. The van der Waals surface area contributed by atoms with Crippen molar-refractivity contribution in [3.05, 3.63) is 41.5 Å². The zero-order valence-corrected chi connectivity index (χ0v) is 32.7. The quantitative estimate of drug-likeness (QED) is 0.278. The van der Waals surface area contributed by atoms with Gasteiger partial charge in [0.2, 0.25) is 0 Å². The van der Waals surface area contributed by atoms with E-state index in [9.17, 15) is 24.9 Å². The van der Waals surface area contributed by atoms with Crippen molar-refractivity contribution < 1.29 is 38.9 Å². The molecule has 9 fully saturated rings. The number of ether oxygens (including phenoxy) is 2. The first-order chi connectivity index (χ1) is 25.8. The number of rotatable bonds is 5. The van der Waals surface area contributed by atoms with Crippen LogP contribution in [0, 0.1) is 52.3 Å². The van der Waals surface area contributed by atoms with Gasteiger partial charge in [0.05, 0.1) is 29.2 Å². The number of anilines is 1. The van der Waals surface area contributed by atoms with Gasteiger partial charge in [0.15, 0.2) is 12.8 Å². The Balaban J connectivity index is 0.829. The van der Waals surface area contributed by atoms with Gasteiger partial charge in [0, 0.05) is 48.9 Å². The largest absolute Gasteiger partial charge is 0.458 e. The van der Waals surface area contributed by atoms with Crippen LogP contribution in [0.2, 0.25) is 0 Å². The Morgan fingerprint density at radius 3 is 2.61 bits per heavy atom. The van der Waals surface area contributed by atoms with Crippen LogP contribution < -0.4 is 4.90 Å². The zero-order valence-electron chi connectivity index (χ0n) is 32.7. The maximum atomic E-state index is 14.5. The Labute approximate surface area is 320 Å². The van der Waals surface area contributed by atoms with Crippen LogP contribution in [0.15, 0.2) is 35.9 Å². The fourth-order valence-corrected chi connectivity index (χ4v) is 17.6. The molecular weight excluding hydrogens is 681 g/mol. The predicted octanol–water partition coefficient (Wildman–Crippen LogP) is 5.24. The van der Waals surface area contributed by atoms with Crippen LogP contribution in [0.4, 0.5) is 5.69 Å². The van der Waals surface area contributed by atoms with Crippen molar-refractivity contribution in [1.29, 1.82) is 0 Å². The van der Waals surface area contributed by atoms with E-state index < -0.39 is 17.9 Å². The van der Waals surface area contributed by atoms with E-state index in [1.165, 1.54) is 11.3 Å². The number of cyclic esters (lactones) is 1. The van der Waals surface area contributed by atoms with E-state index in [0.29, 0.717) is 22.9 Å². The first-order valence-electron chi connectivity index (χ1n) is 21.7. The van der Waals surface area contributed by atoms with Gasteiger partial charge in [-0.15, -0.1) is 0 Å². The second kappa shape index (κ2) is 11.1. The summed E-state index contributed by atoms with van der Waals surface area (Å²) in [6.45, 7) is 7.48. The molecule has 9 nitrogen and oxygen atoms in total. The van der Waals surface area contributed by atoms with Crippen molar-refractivity contribution in [2.45, 2.75) is 145 Å². The summed E-state index contributed by atoms with van der Waals surface area (Å²) < 4.78 is 12.3. The molecule has 17 unspecified atom stereocenters. The summed E-state index contributed by atoms with van der Waals surface area (Å²) in [5, 5.41) is 37.5. The van der Waals surface area contributed by atoms with Gasteiger partial charge in [0.25, 0.3) is 0 Å². The van der Waals surface area contributed by atoms with Crippen LogP contribution in [0.25, 0.3) is 0 Å². The number of piperidine rings is 4. The number of nitrogens with zero attached hydrogens (tertiary/aromatic N) is 2. The van der Waals surface area contributed by atoms with Gasteiger partial charge in [-0.3, -0.25) is 4.48 Å². The molecule has 18 atom stereocenters. The summed E-state index contributed by atoms with van der Waals surface area (Å²) in [4.78, 5) is 28.8. The molecular formula is C45H61N2O7+. The van der Waals surface area contributed by atoms with Crippen molar-refractivity contribution in [2.75, 3.05) is 25.1 Å². The Kier molecular flexibility index (Phi) is 7.17. The number of fused-ring (bicyclic) bond motifs is 7. The maximum absolute atomic E-state index is 14.5. The highest BCUT2D eigenvalue weighted by atomic mass is 16.5. The summed E-state index contributed by atoms with van der Waals surface area (Å²) in [6.07, 6.45) is 11.5. The number of hydrogen-bond donors (Lipinski definition) is 3. The van der Waals surface area contributed by atoms with Gasteiger partial charge in [-0.1, -0.05) is 39.0 Å². The van der Waals surface area contributed by atoms with Gasteiger partial charge in [-0.2, -0.15) is 0 Å². The van der Waals surface area contributed by atoms with E-state index in [1.54, 1.807) is 6.08 Å². The zero-order chi connectivity index (χ0) is 37.3. The number of esters is 2. The Morgan fingerprint density at radius 2 is 1.83 bits per heavy atom. The van der Waals surface area contributed by atoms with E-state index >= 15 is 0 Å². The standard InChI is InChI=1S/C45H61N2O7/c1-5-27-28-20-34-39-44(32-8-6-7-9-33(32)46(39)4)21-35(38(28)40(44)50)47(34,41(27)51)22-37(49)54-26-12-15-42(2)25(19-26)10-11-31-30(42)13-16-43(3)29(14-17-45(31,43)52)24-18-36(48)53-23-24/h6-9,18,25-31,34-35,38-41,50-52H,5,10-17,19-23H2,1-4H3/q+1/t25?,26?,27?,28?,29?,30?,31?,34?,35?,38?,39?,40?,41-,42?,43?,44?,45?,47?/m1/s1. The molecule has 5 saturated carbocycles. The topological polar surface area (TPSA) is 117 Å². The van der Waals surface area contributed by atoms with Crippen LogP contribution in [0.1, 0.15) is 103 Å². The van der Waals surface area contributed by atoms with Gasteiger partial charge in [-0.05, 0) is 116 Å². The fraction of sp³-hybridized carbons (Fsp3) is 0.778. The highest BCUT2D eigenvalue weighted by Crippen LogP contribution is 2.73. The van der Waals surface area contributed by atoms with Crippen molar-refractivity contribution >= 4 is 17.6 Å². The summed E-state index contributed by atoms with van der Waals surface area (Å²) in [7, 11) is 2.17. The van der Waals surface area contributed by atoms with Gasteiger partial charge in [-0.25, -0.2) is 9.59 Å². The van der Waals surface area contributed by atoms with E-state index in [1.807, 2.05) is 0 Å². The molecule has 0 amide bonds. The molecule has 12 rings (SSSR count). The number of carbonyl (C=O) groups is 2. The molecule has 54 heavy (non-hydrogen) atoms. The third-order valence-corrected chi connectivity index (χ3v) is 19.8. The molecule has 1 spiro atoms. The minimum absolute atomic E-state index is 0.0370. The first-order valence-corrected chi connectivity index (χ1v) is 21.7. The highest BCUT2D eigenvalue weighted by Gasteiger charge is 2.83. The molecule has 0 radical (unpaired) electrons. The van der Waals surface area contributed by atoms with Gasteiger partial charge >= 0.3 is 11.9 Å². The summed E-state index contributed by atoms with van der Waals surface area (Å²) in [5.74, 6) is 1.32. The molecule has 6 heterocycles. The average molecular weight is 742 g/mol. The molecule has 5 aliphatic carbocycles. The first kappa shape index (κ1) is 34.8. The number of benzene rings is 1. The van der Waals surface area contributed by atoms with E-state index in [-0.39, 0.29) is 88.5 Å². The molecule has 9 heteroatoms. The molecule has 292 valence electrons. The average Bonchev–Trinajstić information content (AvgIpc) is 3.83. The lowest BCUT2D eigenvalue weighted by molar-refractivity contribution is -1.03. The monoisotopic (exact) mass is 741 g/mol. The molecule has 11 aliphatic rings. The molecule has 5 bridgehead atoms. The third kappa shape index (κ3) is 3.88. The van der Waals surface area contributed by atoms with Crippen LogP contribution in [0.5, 0.6) is 0 Å². The lowest BCUT2D eigenvalue weighted by Gasteiger charge is -2.67.